The van der Waals surface area contributed by atoms with Crippen molar-refractivity contribution in [1.82, 2.24) is 0 Å². The van der Waals surface area contributed by atoms with Crippen molar-refractivity contribution in [2.45, 2.75) is 4.90 Å². The van der Waals surface area contributed by atoms with Crippen molar-refractivity contribution in [3.63, 3.8) is 0 Å². The maximum Gasteiger partial charge on any atom is 0.257 e. The van der Waals surface area contributed by atoms with E-state index in [1.807, 2.05) is 0 Å². The molecule has 2 aromatic carbocycles. The molecule has 0 saturated heterocycles. The molecule has 1 amide bonds. The summed E-state index contributed by atoms with van der Waals surface area (Å²) < 4.78 is 27.9. The van der Waals surface area contributed by atoms with E-state index >= 15 is 0 Å². The van der Waals surface area contributed by atoms with Crippen LogP contribution in [0.2, 0.25) is 10.0 Å². The molecule has 0 bridgehead atoms. The number of anilines is 1. The predicted octanol–water partition coefficient (Wildman–Crippen LogP) is 2.90. The lowest BCUT2D eigenvalue weighted by Gasteiger charge is -2.12. The summed E-state index contributed by atoms with van der Waals surface area (Å²) in [5.74, 6) is -0.271. The lowest BCUT2D eigenvalue weighted by atomic mass is 10.2. The highest BCUT2D eigenvalue weighted by Crippen LogP contribution is 2.29. The zero-order valence-corrected chi connectivity index (χ0v) is 14.2. The van der Waals surface area contributed by atoms with E-state index in [2.05, 4.69) is 5.32 Å². The van der Waals surface area contributed by atoms with Crippen molar-refractivity contribution in [2.24, 2.45) is 5.14 Å². The van der Waals surface area contributed by atoms with Crippen molar-refractivity contribution < 1.29 is 17.9 Å². The van der Waals surface area contributed by atoms with Gasteiger partial charge in [0.2, 0.25) is 10.0 Å². The van der Waals surface area contributed by atoms with Crippen LogP contribution in [-0.4, -0.2) is 21.4 Å². The van der Waals surface area contributed by atoms with Gasteiger partial charge in [0.1, 0.15) is 5.75 Å². The molecule has 0 aromatic heterocycles. The Morgan fingerprint density at radius 3 is 2.43 bits per heavy atom. The number of nitrogens with one attached hydrogen (secondary N) is 1. The minimum Gasteiger partial charge on any atom is -0.495 e. The molecule has 0 spiro atoms. The molecule has 9 heteroatoms. The minimum atomic E-state index is -3.91. The molecule has 122 valence electrons. The Morgan fingerprint density at radius 2 is 1.87 bits per heavy atom. The Morgan fingerprint density at radius 1 is 1.17 bits per heavy atom. The predicted molar refractivity (Wildman–Crippen MR) is 88.8 cm³/mol. The number of sulfonamides is 1. The van der Waals surface area contributed by atoms with Crippen LogP contribution in [-0.2, 0) is 10.0 Å². The summed E-state index contributed by atoms with van der Waals surface area (Å²) in [5.41, 5.74) is 0.328. The van der Waals surface area contributed by atoms with Gasteiger partial charge in [-0.05, 0) is 36.4 Å². The molecule has 0 saturated carbocycles. The number of carbonyl (C=O) groups is 1. The average molecular weight is 375 g/mol. The van der Waals surface area contributed by atoms with E-state index < -0.39 is 15.9 Å². The fraction of sp³-hybridized carbons (Fsp3) is 0.0714. The SMILES string of the molecule is COc1ccc(S(N)(=O)=O)cc1NC(=O)c1ccc(Cl)cc1Cl. The van der Waals surface area contributed by atoms with E-state index in [9.17, 15) is 13.2 Å². The van der Waals surface area contributed by atoms with Gasteiger partial charge in [-0.25, -0.2) is 13.6 Å². The molecule has 2 rings (SSSR count). The van der Waals surface area contributed by atoms with Gasteiger partial charge in [-0.3, -0.25) is 4.79 Å². The smallest absolute Gasteiger partial charge is 0.257 e. The second kappa shape index (κ2) is 6.76. The maximum atomic E-state index is 12.3. The van der Waals surface area contributed by atoms with Crippen LogP contribution in [0.15, 0.2) is 41.3 Å². The van der Waals surface area contributed by atoms with Crippen molar-refractivity contribution in [3.8, 4) is 5.75 Å². The fourth-order valence-electron chi connectivity index (χ4n) is 1.83. The van der Waals surface area contributed by atoms with Gasteiger partial charge in [0.25, 0.3) is 5.91 Å². The number of hydrogen-bond acceptors (Lipinski definition) is 4. The number of hydrogen-bond donors (Lipinski definition) is 2. The lowest BCUT2D eigenvalue weighted by Crippen LogP contribution is -2.16. The van der Waals surface area contributed by atoms with E-state index in [0.717, 1.165) is 0 Å². The minimum absolute atomic E-state index is 0.148. The zero-order valence-electron chi connectivity index (χ0n) is 11.8. The first-order valence-corrected chi connectivity index (χ1v) is 8.50. The number of halogens is 2. The summed E-state index contributed by atoms with van der Waals surface area (Å²) in [4.78, 5) is 12.1. The Bertz CT molecular complexity index is 869. The third-order valence-electron chi connectivity index (χ3n) is 2.92. The van der Waals surface area contributed by atoms with Crippen LogP contribution in [0.4, 0.5) is 5.69 Å². The molecular formula is C14H12Cl2N2O4S. The van der Waals surface area contributed by atoms with Gasteiger partial charge < -0.3 is 10.1 Å². The maximum absolute atomic E-state index is 12.3. The van der Waals surface area contributed by atoms with Crippen molar-refractivity contribution in [1.29, 1.82) is 0 Å². The number of primary sulfonamides is 1. The van der Waals surface area contributed by atoms with E-state index in [0.29, 0.717) is 5.02 Å². The van der Waals surface area contributed by atoms with Crippen LogP contribution in [0, 0.1) is 0 Å². The molecular weight excluding hydrogens is 363 g/mol. The first kappa shape index (κ1) is 17.6. The monoisotopic (exact) mass is 374 g/mol. The normalized spacial score (nSPS) is 11.1. The molecule has 0 aliphatic heterocycles. The Balaban J connectivity index is 2.40. The number of ether oxygens (including phenoxy) is 1. The molecule has 3 N–H and O–H groups in total. The molecule has 0 aliphatic rings. The van der Waals surface area contributed by atoms with E-state index in [4.69, 9.17) is 33.1 Å². The second-order valence-corrected chi connectivity index (χ2v) is 6.89. The first-order chi connectivity index (χ1) is 10.7. The van der Waals surface area contributed by atoms with Gasteiger partial charge in [0, 0.05) is 5.02 Å². The van der Waals surface area contributed by atoms with Crippen molar-refractivity contribution >= 4 is 44.8 Å². The second-order valence-electron chi connectivity index (χ2n) is 4.49. The van der Waals surface area contributed by atoms with Crippen LogP contribution in [0.25, 0.3) is 0 Å². The van der Waals surface area contributed by atoms with E-state index in [1.165, 1.54) is 43.5 Å². The number of carbonyl (C=O) groups excluding carboxylic acids is 1. The Labute approximate surface area is 143 Å². The zero-order chi connectivity index (χ0) is 17.2. The molecule has 0 heterocycles. The molecule has 6 nitrogen and oxygen atoms in total. The van der Waals surface area contributed by atoms with Gasteiger partial charge in [-0.1, -0.05) is 23.2 Å². The molecule has 2 aromatic rings. The van der Waals surface area contributed by atoms with Gasteiger partial charge in [-0.2, -0.15) is 0 Å². The Hall–Kier alpha value is -1.80. The molecule has 0 unspecified atom stereocenters. The molecule has 0 fully saturated rings. The van der Waals surface area contributed by atoms with Crippen LogP contribution < -0.4 is 15.2 Å². The first-order valence-electron chi connectivity index (χ1n) is 6.19. The summed E-state index contributed by atoms with van der Waals surface area (Å²) in [7, 11) is -2.53. The highest BCUT2D eigenvalue weighted by Gasteiger charge is 2.16. The lowest BCUT2D eigenvalue weighted by molar-refractivity contribution is 0.102. The number of methoxy groups -OCH3 is 1. The average Bonchev–Trinajstić information content (AvgIpc) is 2.46. The topological polar surface area (TPSA) is 98.5 Å². The summed E-state index contributed by atoms with van der Waals surface area (Å²) in [6, 6.07) is 8.26. The molecule has 0 aliphatic carbocycles. The van der Waals surface area contributed by atoms with Gasteiger partial charge in [0.15, 0.2) is 0 Å². The van der Waals surface area contributed by atoms with Crippen LogP contribution in [0.3, 0.4) is 0 Å². The van der Waals surface area contributed by atoms with Gasteiger partial charge >= 0.3 is 0 Å². The number of benzene rings is 2. The highest BCUT2D eigenvalue weighted by molar-refractivity contribution is 7.89. The van der Waals surface area contributed by atoms with Crippen LogP contribution >= 0.6 is 23.2 Å². The number of rotatable bonds is 4. The summed E-state index contributed by atoms with van der Waals surface area (Å²) in [6.07, 6.45) is 0. The van der Waals surface area contributed by atoms with Crippen molar-refractivity contribution in [3.05, 3.63) is 52.0 Å². The third-order valence-corrected chi connectivity index (χ3v) is 4.38. The fourth-order valence-corrected chi connectivity index (χ4v) is 2.86. The molecule has 0 atom stereocenters. The van der Waals surface area contributed by atoms with Crippen LogP contribution in [0.5, 0.6) is 5.75 Å². The third kappa shape index (κ3) is 4.14. The highest BCUT2D eigenvalue weighted by atomic mass is 35.5. The quantitative estimate of drug-likeness (QED) is 0.859. The summed E-state index contributed by atoms with van der Waals surface area (Å²) >= 11 is 11.8. The standard InChI is InChI=1S/C14H12Cl2N2O4S/c1-22-13-5-3-9(23(17,20)21)7-12(13)18-14(19)10-4-2-8(15)6-11(10)16/h2-7H,1H3,(H,18,19)(H2,17,20,21). The molecule has 0 radical (unpaired) electrons. The summed E-state index contributed by atoms with van der Waals surface area (Å²) in [6.45, 7) is 0. The van der Waals surface area contributed by atoms with Crippen LogP contribution in [0.1, 0.15) is 10.4 Å². The molecule has 23 heavy (non-hydrogen) atoms. The van der Waals surface area contributed by atoms with Crippen molar-refractivity contribution in [2.75, 3.05) is 12.4 Å². The van der Waals surface area contributed by atoms with E-state index in [-0.39, 0.29) is 26.9 Å². The van der Waals surface area contributed by atoms with E-state index in [1.54, 1.807) is 0 Å². The number of nitrogens with two attached hydrogens (primary N) is 1. The number of amides is 1. The van der Waals surface area contributed by atoms with Gasteiger partial charge in [-0.15, -0.1) is 0 Å². The Kier molecular flexibility index (Phi) is 5.16. The van der Waals surface area contributed by atoms with Gasteiger partial charge in [0.05, 0.1) is 28.3 Å². The summed E-state index contributed by atoms with van der Waals surface area (Å²) in [5, 5.41) is 8.17. The largest absolute Gasteiger partial charge is 0.495 e.